The standard InChI is InChI=1S/C17H18N4/c1-12-7-9-14(10-8-12)21-16(19)11-15(18)20-17(21)13-5-3-2-4-6-13/h2-11,17H,19H2,1H3,(H2,18,20)/t17-/m1/s1. The fourth-order valence-corrected chi connectivity index (χ4v) is 2.44. The van der Waals surface area contributed by atoms with E-state index < -0.39 is 0 Å². The molecule has 3 rings (SSSR count). The van der Waals surface area contributed by atoms with E-state index in [-0.39, 0.29) is 6.17 Å². The summed E-state index contributed by atoms with van der Waals surface area (Å²) < 4.78 is 0. The van der Waals surface area contributed by atoms with E-state index in [1.54, 1.807) is 6.08 Å². The zero-order valence-electron chi connectivity index (χ0n) is 11.9. The summed E-state index contributed by atoms with van der Waals surface area (Å²) in [5.41, 5.74) is 15.3. The number of aryl methyl sites for hydroxylation is 1. The van der Waals surface area contributed by atoms with Gasteiger partial charge in [-0.05, 0) is 24.6 Å². The molecule has 21 heavy (non-hydrogen) atoms. The third-order valence-electron chi connectivity index (χ3n) is 3.50. The number of rotatable bonds is 2. The molecule has 1 aliphatic rings. The molecular formula is C17H18N4. The minimum Gasteiger partial charge on any atom is -0.385 e. The van der Waals surface area contributed by atoms with Crippen molar-refractivity contribution in [1.82, 2.24) is 0 Å². The van der Waals surface area contributed by atoms with Gasteiger partial charge >= 0.3 is 0 Å². The van der Waals surface area contributed by atoms with E-state index in [4.69, 9.17) is 11.5 Å². The molecular weight excluding hydrogens is 260 g/mol. The Morgan fingerprint density at radius 1 is 0.952 bits per heavy atom. The van der Waals surface area contributed by atoms with Crippen LogP contribution in [0.25, 0.3) is 0 Å². The van der Waals surface area contributed by atoms with Crippen molar-refractivity contribution in [3.05, 3.63) is 77.6 Å². The molecule has 2 aromatic rings. The Hall–Kier alpha value is -2.75. The van der Waals surface area contributed by atoms with E-state index in [0.717, 1.165) is 11.3 Å². The highest BCUT2D eigenvalue weighted by Gasteiger charge is 2.25. The van der Waals surface area contributed by atoms with E-state index in [1.165, 1.54) is 5.56 Å². The fourth-order valence-electron chi connectivity index (χ4n) is 2.44. The second kappa shape index (κ2) is 5.32. The number of nitrogens with two attached hydrogens (primary N) is 2. The van der Waals surface area contributed by atoms with E-state index >= 15 is 0 Å². The lowest BCUT2D eigenvalue weighted by Crippen LogP contribution is -2.36. The van der Waals surface area contributed by atoms with Crippen molar-refractivity contribution < 1.29 is 0 Å². The first-order valence-electron chi connectivity index (χ1n) is 6.86. The molecule has 2 aromatic carbocycles. The lowest BCUT2D eigenvalue weighted by molar-refractivity contribution is 0.693. The molecule has 0 fully saturated rings. The molecule has 0 amide bonds. The first-order valence-corrected chi connectivity index (χ1v) is 6.86. The average Bonchev–Trinajstić information content (AvgIpc) is 2.49. The molecule has 0 bridgehead atoms. The third-order valence-corrected chi connectivity index (χ3v) is 3.50. The van der Waals surface area contributed by atoms with Crippen LogP contribution >= 0.6 is 0 Å². The number of hydrogen-bond acceptors (Lipinski definition) is 4. The lowest BCUT2D eigenvalue weighted by atomic mass is 10.1. The van der Waals surface area contributed by atoms with E-state index in [9.17, 15) is 0 Å². The summed E-state index contributed by atoms with van der Waals surface area (Å²) in [5, 5.41) is 0. The molecule has 4 nitrogen and oxygen atoms in total. The first-order chi connectivity index (χ1) is 10.1. The Morgan fingerprint density at radius 2 is 1.62 bits per heavy atom. The number of benzene rings is 2. The monoisotopic (exact) mass is 278 g/mol. The normalized spacial score (nSPS) is 18.1. The molecule has 1 aliphatic heterocycles. The fraction of sp³-hybridized carbons (Fsp3) is 0.118. The Morgan fingerprint density at radius 3 is 2.29 bits per heavy atom. The number of amidine groups is 1. The molecule has 0 aliphatic carbocycles. The number of anilines is 1. The second-order valence-electron chi connectivity index (χ2n) is 5.11. The highest BCUT2D eigenvalue weighted by atomic mass is 15.3. The van der Waals surface area contributed by atoms with Crippen molar-refractivity contribution in [3.63, 3.8) is 0 Å². The van der Waals surface area contributed by atoms with Crippen LogP contribution in [0.2, 0.25) is 0 Å². The zero-order chi connectivity index (χ0) is 14.8. The van der Waals surface area contributed by atoms with Gasteiger partial charge in [-0.3, -0.25) is 0 Å². The van der Waals surface area contributed by atoms with E-state index in [1.807, 2.05) is 47.4 Å². The molecule has 0 unspecified atom stereocenters. The molecule has 0 saturated carbocycles. The van der Waals surface area contributed by atoms with Crippen molar-refractivity contribution in [1.29, 1.82) is 0 Å². The Kier molecular flexibility index (Phi) is 3.36. The molecule has 1 atom stereocenters. The summed E-state index contributed by atoms with van der Waals surface area (Å²) in [6.07, 6.45) is 1.46. The maximum absolute atomic E-state index is 6.19. The molecule has 106 valence electrons. The van der Waals surface area contributed by atoms with Gasteiger partial charge in [0.2, 0.25) is 0 Å². The van der Waals surface area contributed by atoms with Gasteiger partial charge in [-0.15, -0.1) is 0 Å². The van der Waals surface area contributed by atoms with Crippen LogP contribution in [0, 0.1) is 6.92 Å². The number of aliphatic imine (C=N–C) groups is 1. The topological polar surface area (TPSA) is 67.6 Å². The van der Waals surface area contributed by atoms with Crippen LogP contribution in [0.4, 0.5) is 5.69 Å². The highest BCUT2D eigenvalue weighted by molar-refractivity contribution is 5.94. The molecule has 0 spiro atoms. The third kappa shape index (κ3) is 2.60. The first kappa shape index (κ1) is 13.2. The van der Waals surface area contributed by atoms with Crippen LogP contribution in [-0.2, 0) is 0 Å². The highest BCUT2D eigenvalue weighted by Crippen LogP contribution is 2.32. The molecule has 1 heterocycles. The smallest absolute Gasteiger partial charge is 0.154 e. The Labute approximate surface area is 124 Å². The molecule has 0 aromatic heterocycles. The van der Waals surface area contributed by atoms with Gasteiger partial charge < -0.3 is 16.4 Å². The lowest BCUT2D eigenvalue weighted by Gasteiger charge is -2.34. The summed E-state index contributed by atoms with van der Waals surface area (Å²) in [6.45, 7) is 2.06. The zero-order valence-corrected chi connectivity index (χ0v) is 11.9. The van der Waals surface area contributed by atoms with Gasteiger partial charge in [-0.2, -0.15) is 0 Å². The van der Waals surface area contributed by atoms with Crippen LogP contribution in [-0.4, -0.2) is 5.84 Å². The summed E-state index contributed by atoms with van der Waals surface area (Å²) >= 11 is 0. The van der Waals surface area contributed by atoms with Gasteiger partial charge in [0.15, 0.2) is 6.17 Å². The van der Waals surface area contributed by atoms with Crippen molar-refractivity contribution in [2.75, 3.05) is 4.90 Å². The van der Waals surface area contributed by atoms with Crippen LogP contribution < -0.4 is 16.4 Å². The van der Waals surface area contributed by atoms with Crippen LogP contribution in [0.3, 0.4) is 0 Å². The van der Waals surface area contributed by atoms with Gasteiger partial charge in [0, 0.05) is 11.8 Å². The number of hydrogen-bond donors (Lipinski definition) is 2. The molecule has 0 saturated heterocycles. The largest absolute Gasteiger partial charge is 0.385 e. The molecule has 4 N–H and O–H groups in total. The van der Waals surface area contributed by atoms with Gasteiger partial charge in [0.05, 0.1) is 0 Å². The maximum Gasteiger partial charge on any atom is 0.154 e. The van der Waals surface area contributed by atoms with E-state index in [0.29, 0.717) is 11.7 Å². The average molecular weight is 278 g/mol. The van der Waals surface area contributed by atoms with Gasteiger partial charge in [-0.25, -0.2) is 4.99 Å². The predicted molar refractivity (Wildman–Crippen MR) is 86.7 cm³/mol. The summed E-state index contributed by atoms with van der Waals surface area (Å²) in [5.74, 6) is 1.05. The van der Waals surface area contributed by atoms with E-state index in [2.05, 4.69) is 24.0 Å². The van der Waals surface area contributed by atoms with Crippen molar-refractivity contribution in [2.24, 2.45) is 16.5 Å². The molecule has 0 radical (unpaired) electrons. The second-order valence-corrected chi connectivity index (χ2v) is 5.11. The number of nitrogens with zero attached hydrogens (tertiary/aromatic N) is 2. The predicted octanol–water partition coefficient (Wildman–Crippen LogP) is 2.67. The van der Waals surface area contributed by atoms with Crippen molar-refractivity contribution in [2.45, 2.75) is 13.1 Å². The van der Waals surface area contributed by atoms with Crippen LogP contribution in [0.1, 0.15) is 17.3 Å². The van der Waals surface area contributed by atoms with Crippen molar-refractivity contribution >= 4 is 11.5 Å². The van der Waals surface area contributed by atoms with Gasteiger partial charge in [0.25, 0.3) is 0 Å². The van der Waals surface area contributed by atoms with Crippen LogP contribution in [0.5, 0.6) is 0 Å². The Bertz CT molecular complexity index is 686. The minimum absolute atomic E-state index is 0.237. The maximum atomic E-state index is 6.19. The molecule has 4 heteroatoms. The van der Waals surface area contributed by atoms with Gasteiger partial charge in [-0.1, -0.05) is 48.0 Å². The SMILES string of the molecule is Cc1ccc(N2C(N)=CC(N)=N[C@H]2c2ccccc2)cc1. The van der Waals surface area contributed by atoms with Crippen molar-refractivity contribution in [3.8, 4) is 0 Å². The Balaban J connectivity index is 2.07. The summed E-state index contributed by atoms with van der Waals surface area (Å²) in [4.78, 5) is 6.54. The van der Waals surface area contributed by atoms with Gasteiger partial charge in [0.1, 0.15) is 11.7 Å². The summed E-state index contributed by atoms with van der Waals surface area (Å²) in [7, 11) is 0. The quantitative estimate of drug-likeness (QED) is 0.887. The minimum atomic E-state index is -0.237. The summed E-state index contributed by atoms with van der Waals surface area (Å²) in [6, 6.07) is 18.2. The van der Waals surface area contributed by atoms with Crippen LogP contribution in [0.15, 0.2) is 71.5 Å².